The van der Waals surface area contributed by atoms with E-state index < -0.39 is 23.4 Å². The van der Waals surface area contributed by atoms with Gasteiger partial charge < -0.3 is 14.4 Å². The van der Waals surface area contributed by atoms with Crippen molar-refractivity contribution >= 4 is 17.5 Å². The maximum absolute atomic E-state index is 15.2. The molecule has 2 aliphatic heterocycles. The van der Waals surface area contributed by atoms with Gasteiger partial charge in [0.25, 0.3) is 0 Å². The predicted molar refractivity (Wildman–Crippen MR) is 147 cm³/mol. The number of benzene rings is 2. The average Bonchev–Trinajstić information content (AvgIpc) is 3.26. The molecule has 2 heterocycles. The Labute approximate surface area is 229 Å². The summed E-state index contributed by atoms with van der Waals surface area (Å²) in [6.07, 6.45) is 10.5. The average molecular weight is 520 g/mol. The van der Waals surface area contributed by atoms with Crippen LogP contribution >= 0.6 is 0 Å². The molecule has 6 heteroatoms. The van der Waals surface area contributed by atoms with Crippen molar-refractivity contribution in [1.29, 1.82) is 10.5 Å². The summed E-state index contributed by atoms with van der Waals surface area (Å²) in [5.74, 6) is 2.54. The number of anilines is 1. The van der Waals surface area contributed by atoms with Crippen LogP contribution in [0.25, 0.3) is 6.08 Å². The number of carbonyl (C=O) groups excluding carboxylic acids is 1. The molecule has 8 rings (SSSR count). The molecule has 0 aromatic heterocycles. The van der Waals surface area contributed by atoms with Crippen LogP contribution in [0.2, 0.25) is 0 Å². The van der Waals surface area contributed by atoms with Gasteiger partial charge in [-0.1, -0.05) is 30.4 Å². The molecular formula is C33H33N3O3. The Bertz CT molecular complexity index is 1390. The van der Waals surface area contributed by atoms with Crippen molar-refractivity contribution < 1.29 is 14.3 Å². The van der Waals surface area contributed by atoms with Crippen LogP contribution in [0.4, 0.5) is 5.69 Å². The first kappa shape index (κ1) is 24.3. The molecule has 4 aliphatic carbocycles. The summed E-state index contributed by atoms with van der Waals surface area (Å²) in [5, 5.41) is 21.6. The molecule has 5 fully saturated rings. The molecule has 0 amide bonds. The predicted octanol–water partition coefficient (Wildman–Crippen LogP) is 5.89. The number of ether oxygens (including phenoxy) is 2. The lowest BCUT2D eigenvalue weighted by molar-refractivity contribution is -0.145. The van der Waals surface area contributed by atoms with Crippen LogP contribution < -0.4 is 14.4 Å². The van der Waals surface area contributed by atoms with Gasteiger partial charge in [0.05, 0.1) is 38.4 Å². The molecule has 3 unspecified atom stereocenters. The SMILES string of the molecule is COc1cc(OC)cc(C2C(C(=O)C34CC5CC(CC(C5)C3)C4)N3c4ccccc4C=CC3C2(C#N)C#N)c1. The van der Waals surface area contributed by atoms with Gasteiger partial charge in [0.15, 0.2) is 11.2 Å². The van der Waals surface area contributed by atoms with Gasteiger partial charge in [0.2, 0.25) is 0 Å². The van der Waals surface area contributed by atoms with Crippen molar-refractivity contribution in [2.45, 2.75) is 56.5 Å². The van der Waals surface area contributed by atoms with Crippen molar-refractivity contribution in [2.24, 2.45) is 28.6 Å². The maximum Gasteiger partial charge on any atom is 0.176 e. The zero-order valence-corrected chi connectivity index (χ0v) is 22.5. The summed E-state index contributed by atoms with van der Waals surface area (Å²) < 4.78 is 11.2. The van der Waals surface area contributed by atoms with Gasteiger partial charge in [0.1, 0.15) is 11.5 Å². The molecular weight excluding hydrogens is 486 g/mol. The number of para-hydroxylation sites is 1. The molecule has 2 aromatic rings. The highest BCUT2D eigenvalue weighted by Gasteiger charge is 2.67. The number of rotatable bonds is 5. The highest BCUT2D eigenvalue weighted by molar-refractivity contribution is 5.97. The third-order valence-corrected chi connectivity index (χ3v) is 10.5. The quantitative estimate of drug-likeness (QED) is 0.490. The third-order valence-electron chi connectivity index (χ3n) is 10.5. The van der Waals surface area contributed by atoms with Crippen molar-refractivity contribution in [2.75, 3.05) is 19.1 Å². The lowest BCUT2D eigenvalue weighted by Crippen LogP contribution is -2.56. The summed E-state index contributed by atoms with van der Waals surface area (Å²) in [4.78, 5) is 17.4. The Morgan fingerprint density at radius 2 is 1.51 bits per heavy atom. The second-order valence-corrected chi connectivity index (χ2v) is 12.5. The number of nitriles is 2. The van der Waals surface area contributed by atoms with Gasteiger partial charge in [0, 0.05) is 23.1 Å². The van der Waals surface area contributed by atoms with Crippen molar-refractivity contribution in [3.63, 3.8) is 0 Å². The van der Waals surface area contributed by atoms with E-state index in [2.05, 4.69) is 17.0 Å². The van der Waals surface area contributed by atoms with Gasteiger partial charge in [-0.15, -0.1) is 0 Å². The summed E-state index contributed by atoms with van der Waals surface area (Å²) in [5.41, 5.74) is 0.801. The molecule has 2 aromatic carbocycles. The van der Waals surface area contributed by atoms with E-state index in [-0.39, 0.29) is 11.2 Å². The lowest BCUT2D eigenvalue weighted by Gasteiger charge is -2.57. The number of ketones is 1. The Hall–Kier alpha value is -3.77. The number of Topliss-reactive ketones (excluding diaryl/α,β-unsaturated/α-hetero) is 1. The van der Waals surface area contributed by atoms with E-state index in [0.717, 1.165) is 36.1 Å². The third kappa shape index (κ3) is 3.34. The Morgan fingerprint density at radius 3 is 2.08 bits per heavy atom. The second kappa shape index (κ2) is 8.62. The van der Waals surface area contributed by atoms with E-state index >= 15 is 4.79 Å². The summed E-state index contributed by atoms with van der Waals surface area (Å²) in [6.45, 7) is 0. The standard InChI is InChI=1S/C33H33N3O3/c1-38-25-12-24(13-26(14-25)39-2)29-30(31(37)32-15-20-9-21(16-32)11-22(10-20)17-32)36-27-6-4-3-5-23(27)7-8-28(36)33(29,18-34)19-35/h3-8,12-14,20-22,28-30H,9-11,15-17H2,1-2H3. The van der Waals surface area contributed by atoms with Crippen molar-refractivity contribution in [3.05, 3.63) is 59.7 Å². The fourth-order valence-electron chi connectivity index (χ4n) is 9.34. The zero-order valence-electron chi connectivity index (χ0n) is 22.5. The Morgan fingerprint density at radius 1 is 0.923 bits per heavy atom. The van der Waals surface area contributed by atoms with Gasteiger partial charge >= 0.3 is 0 Å². The van der Waals surface area contributed by atoms with Gasteiger partial charge in [-0.2, -0.15) is 10.5 Å². The molecule has 0 spiro atoms. The minimum atomic E-state index is -1.47. The number of hydrogen-bond acceptors (Lipinski definition) is 6. The molecule has 0 N–H and O–H groups in total. The van der Waals surface area contributed by atoms with Crippen molar-refractivity contribution in [3.8, 4) is 23.6 Å². The van der Waals surface area contributed by atoms with E-state index in [0.29, 0.717) is 29.3 Å². The largest absolute Gasteiger partial charge is 0.497 e. The summed E-state index contributed by atoms with van der Waals surface area (Å²) in [6, 6.07) is 17.3. The highest BCUT2D eigenvalue weighted by Crippen LogP contribution is 2.64. The van der Waals surface area contributed by atoms with Crippen LogP contribution in [0.1, 0.15) is 55.6 Å². The minimum absolute atomic E-state index is 0.218. The number of hydrogen-bond donors (Lipinski definition) is 0. The van der Waals surface area contributed by atoms with E-state index in [1.165, 1.54) is 19.3 Å². The fraction of sp³-hybridized carbons (Fsp3) is 0.485. The summed E-state index contributed by atoms with van der Waals surface area (Å²) >= 11 is 0. The van der Waals surface area contributed by atoms with E-state index in [1.807, 2.05) is 48.6 Å². The van der Waals surface area contributed by atoms with Crippen LogP contribution in [-0.2, 0) is 4.79 Å². The first-order valence-electron chi connectivity index (χ1n) is 14.1. The molecule has 39 heavy (non-hydrogen) atoms. The molecule has 1 saturated heterocycles. The molecule has 6 aliphatic rings. The Balaban J connectivity index is 1.46. The monoisotopic (exact) mass is 519 g/mol. The smallest absolute Gasteiger partial charge is 0.176 e. The molecule has 3 atom stereocenters. The maximum atomic E-state index is 15.2. The van der Waals surface area contributed by atoms with Gasteiger partial charge in [-0.3, -0.25) is 4.79 Å². The molecule has 4 saturated carbocycles. The van der Waals surface area contributed by atoms with Crippen LogP contribution in [0.15, 0.2) is 48.5 Å². The number of fused-ring (bicyclic) bond motifs is 3. The normalized spacial score (nSPS) is 34.5. The molecule has 4 bridgehead atoms. The number of carbonyl (C=O) groups is 1. The van der Waals surface area contributed by atoms with E-state index in [1.54, 1.807) is 20.3 Å². The van der Waals surface area contributed by atoms with Gasteiger partial charge in [-0.05, 0) is 85.6 Å². The van der Waals surface area contributed by atoms with E-state index in [4.69, 9.17) is 9.47 Å². The molecule has 6 nitrogen and oxygen atoms in total. The topological polar surface area (TPSA) is 86.3 Å². The first-order valence-corrected chi connectivity index (χ1v) is 14.1. The van der Waals surface area contributed by atoms with Crippen molar-refractivity contribution in [1.82, 2.24) is 0 Å². The highest BCUT2D eigenvalue weighted by atomic mass is 16.5. The fourth-order valence-corrected chi connectivity index (χ4v) is 9.34. The second-order valence-electron chi connectivity index (χ2n) is 12.5. The molecule has 0 radical (unpaired) electrons. The number of nitrogens with zero attached hydrogens (tertiary/aromatic N) is 3. The Kier molecular flexibility index (Phi) is 5.37. The number of methoxy groups -OCH3 is 2. The van der Waals surface area contributed by atoms with E-state index in [9.17, 15) is 10.5 Å². The zero-order chi connectivity index (χ0) is 26.9. The first-order chi connectivity index (χ1) is 18.9. The lowest BCUT2D eigenvalue weighted by atomic mass is 9.47. The van der Waals surface area contributed by atoms with Gasteiger partial charge in [-0.25, -0.2) is 0 Å². The minimum Gasteiger partial charge on any atom is -0.497 e. The molecule has 198 valence electrons. The van der Waals surface area contributed by atoms with Crippen LogP contribution in [0.5, 0.6) is 11.5 Å². The van der Waals surface area contributed by atoms with Crippen LogP contribution in [0, 0.1) is 51.2 Å². The van der Waals surface area contributed by atoms with Crippen LogP contribution in [0.3, 0.4) is 0 Å². The van der Waals surface area contributed by atoms with Crippen LogP contribution in [-0.4, -0.2) is 32.1 Å². The summed E-state index contributed by atoms with van der Waals surface area (Å²) in [7, 11) is 3.19.